The number of likely N-dealkylation sites (tertiary alicyclic amines) is 1. The molecule has 1 N–H and O–H groups in total. The number of rotatable bonds is 4. The summed E-state index contributed by atoms with van der Waals surface area (Å²) in [5, 5.41) is 6.77. The van der Waals surface area contributed by atoms with Gasteiger partial charge in [-0.25, -0.2) is 4.68 Å². The second-order valence-electron chi connectivity index (χ2n) is 6.65. The van der Waals surface area contributed by atoms with Crippen LogP contribution >= 0.6 is 0 Å². The fourth-order valence-corrected chi connectivity index (χ4v) is 3.14. The summed E-state index contributed by atoms with van der Waals surface area (Å²) in [6.45, 7) is 4.38. The maximum absolute atomic E-state index is 12.2. The Labute approximate surface area is 147 Å². The van der Waals surface area contributed by atoms with E-state index in [0.717, 1.165) is 23.5 Å². The van der Waals surface area contributed by atoms with Gasteiger partial charge in [0, 0.05) is 31.4 Å². The molecule has 0 aliphatic carbocycles. The fraction of sp³-hybridized carbons (Fsp3) is 0.421. The third-order valence-corrected chi connectivity index (χ3v) is 4.73. The standard InChI is InChI=1S/C19H24N4O2/c1-14-5-3-4-12-23(14)13-15-6-8-16(9-7-15)20-19(25)17-10-11-18(24)22(2)21-17/h6-11,14H,3-5,12-13H2,1-2H3,(H,20,25)/t14-/m0/s1. The summed E-state index contributed by atoms with van der Waals surface area (Å²) in [6, 6.07) is 11.3. The Balaban J connectivity index is 1.62. The zero-order valence-electron chi connectivity index (χ0n) is 14.7. The number of nitrogens with one attached hydrogen (secondary N) is 1. The Morgan fingerprint density at radius 2 is 1.96 bits per heavy atom. The van der Waals surface area contributed by atoms with Gasteiger partial charge in [-0.1, -0.05) is 18.6 Å². The second kappa shape index (κ2) is 7.61. The van der Waals surface area contributed by atoms with Crippen molar-refractivity contribution >= 4 is 11.6 Å². The summed E-state index contributed by atoms with van der Waals surface area (Å²) < 4.78 is 1.15. The van der Waals surface area contributed by atoms with E-state index >= 15 is 0 Å². The summed E-state index contributed by atoms with van der Waals surface area (Å²) >= 11 is 0. The zero-order chi connectivity index (χ0) is 17.8. The molecule has 2 heterocycles. The number of hydrogen-bond donors (Lipinski definition) is 1. The Hall–Kier alpha value is -2.47. The number of nitrogens with zero attached hydrogens (tertiary/aromatic N) is 3. The van der Waals surface area contributed by atoms with E-state index in [9.17, 15) is 9.59 Å². The number of benzene rings is 1. The minimum absolute atomic E-state index is 0.216. The monoisotopic (exact) mass is 340 g/mol. The average molecular weight is 340 g/mol. The molecule has 3 rings (SSSR count). The van der Waals surface area contributed by atoms with Crippen LogP contribution < -0.4 is 10.9 Å². The molecule has 132 valence electrons. The van der Waals surface area contributed by atoms with Crippen LogP contribution in [0.15, 0.2) is 41.2 Å². The SMILES string of the molecule is C[C@H]1CCCCN1Cc1ccc(NC(=O)c2ccc(=O)n(C)n2)cc1. The molecule has 1 amide bonds. The number of anilines is 1. The Morgan fingerprint density at radius 1 is 1.20 bits per heavy atom. The van der Waals surface area contributed by atoms with E-state index in [2.05, 4.69) is 22.2 Å². The van der Waals surface area contributed by atoms with Crippen molar-refractivity contribution < 1.29 is 4.79 Å². The minimum Gasteiger partial charge on any atom is -0.321 e. The molecule has 0 unspecified atom stereocenters. The van der Waals surface area contributed by atoms with Gasteiger partial charge in [-0.2, -0.15) is 5.10 Å². The number of carbonyl (C=O) groups excluding carboxylic acids is 1. The van der Waals surface area contributed by atoms with Crippen molar-refractivity contribution in [3.05, 3.63) is 58.0 Å². The van der Waals surface area contributed by atoms with E-state index in [1.54, 1.807) is 0 Å². The summed E-state index contributed by atoms with van der Waals surface area (Å²) in [6.07, 6.45) is 3.85. The van der Waals surface area contributed by atoms with Crippen LogP contribution in [0.4, 0.5) is 5.69 Å². The highest BCUT2D eigenvalue weighted by Crippen LogP contribution is 2.20. The predicted octanol–water partition coefficient (Wildman–Crippen LogP) is 2.41. The van der Waals surface area contributed by atoms with Crippen LogP contribution in [0.2, 0.25) is 0 Å². The van der Waals surface area contributed by atoms with Crippen LogP contribution in [-0.2, 0) is 13.6 Å². The highest BCUT2D eigenvalue weighted by atomic mass is 16.2. The maximum Gasteiger partial charge on any atom is 0.276 e. The molecular weight excluding hydrogens is 316 g/mol. The van der Waals surface area contributed by atoms with Gasteiger partial charge in [-0.15, -0.1) is 0 Å². The lowest BCUT2D eigenvalue weighted by atomic mass is 10.0. The molecule has 25 heavy (non-hydrogen) atoms. The van der Waals surface area contributed by atoms with Crippen molar-refractivity contribution in [3.63, 3.8) is 0 Å². The van der Waals surface area contributed by atoms with Crippen molar-refractivity contribution in [3.8, 4) is 0 Å². The molecule has 6 nitrogen and oxygen atoms in total. The Bertz CT molecular complexity index is 798. The third kappa shape index (κ3) is 4.33. The van der Waals surface area contributed by atoms with E-state index in [0.29, 0.717) is 6.04 Å². The summed E-state index contributed by atoms with van der Waals surface area (Å²) in [4.78, 5) is 26.1. The first-order chi connectivity index (χ1) is 12.0. The molecule has 0 radical (unpaired) electrons. The van der Waals surface area contributed by atoms with Crippen molar-refractivity contribution in [2.45, 2.75) is 38.8 Å². The summed E-state index contributed by atoms with van der Waals surface area (Å²) in [7, 11) is 1.52. The lowest BCUT2D eigenvalue weighted by Gasteiger charge is -2.33. The molecular formula is C19H24N4O2. The molecule has 1 aromatic carbocycles. The molecule has 1 saturated heterocycles. The zero-order valence-corrected chi connectivity index (χ0v) is 14.7. The van der Waals surface area contributed by atoms with Gasteiger partial charge >= 0.3 is 0 Å². The molecule has 1 aromatic heterocycles. The van der Waals surface area contributed by atoms with Crippen molar-refractivity contribution in [1.29, 1.82) is 0 Å². The molecule has 0 bridgehead atoms. The molecule has 0 spiro atoms. The first-order valence-electron chi connectivity index (χ1n) is 8.71. The van der Waals surface area contributed by atoms with E-state index in [-0.39, 0.29) is 17.2 Å². The highest BCUT2D eigenvalue weighted by molar-refractivity contribution is 6.02. The lowest BCUT2D eigenvalue weighted by Crippen LogP contribution is -2.36. The number of carbonyl (C=O) groups is 1. The van der Waals surface area contributed by atoms with E-state index in [1.165, 1.54) is 44.0 Å². The van der Waals surface area contributed by atoms with Gasteiger partial charge in [0.25, 0.3) is 11.5 Å². The number of aryl methyl sites for hydroxylation is 1. The minimum atomic E-state index is -0.326. The molecule has 6 heteroatoms. The molecule has 1 fully saturated rings. The molecule has 0 saturated carbocycles. The van der Waals surface area contributed by atoms with Gasteiger partial charge in [0.1, 0.15) is 5.69 Å². The highest BCUT2D eigenvalue weighted by Gasteiger charge is 2.18. The smallest absolute Gasteiger partial charge is 0.276 e. The van der Waals surface area contributed by atoms with Crippen LogP contribution in [0, 0.1) is 0 Å². The molecule has 1 atom stereocenters. The number of aromatic nitrogens is 2. The number of piperidine rings is 1. The lowest BCUT2D eigenvalue weighted by molar-refractivity contribution is 0.102. The maximum atomic E-state index is 12.2. The first kappa shape index (κ1) is 17.4. The van der Waals surface area contributed by atoms with Crippen LogP contribution in [0.1, 0.15) is 42.2 Å². The average Bonchev–Trinajstić information content (AvgIpc) is 2.61. The summed E-state index contributed by atoms with van der Waals surface area (Å²) in [5.74, 6) is -0.326. The van der Waals surface area contributed by atoms with Crippen LogP contribution in [0.25, 0.3) is 0 Å². The molecule has 1 aliphatic heterocycles. The van der Waals surface area contributed by atoms with Gasteiger partial charge in [0.2, 0.25) is 0 Å². The van der Waals surface area contributed by atoms with Crippen molar-refractivity contribution in [1.82, 2.24) is 14.7 Å². The van der Waals surface area contributed by atoms with E-state index in [4.69, 9.17) is 0 Å². The van der Waals surface area contributed by atoms with Crippen LogP contribution in [0.5, 0.6) is 0 Å². The van der Waals surface area contributed by atoms with Crippen molar-refractivity contribution in [2.24, 2.45) is 7.05 Å². The number of amides is 1. The Morgan fingerprint density at radius 3 is 2.64 bits per heavy atom. The normalized spacial score (nSPS) is 18.1. The predicted molar refractivity (Wildman–Crippen MR) is 97.6 cm³/mol. The topological polar surface area (TPSA) is 67.2 Å². The van der Waals surface area contributed by atoms with Gasteiger partial charge < -0.3 is 5.32 Å². The molecule has 1 aliphatic rings. The quantitative estimate of drug-likeness (QED) is 0.928. The fourth-order valence-electron chi connectivity index (χ4n) is 3.14. The van der Waals surface area contributed by atoms with E-state index in [1.807, 2.05) is 24.3 Å². The van der Waals surface area contributed by atoms with E-state index < -0.39 is 0 Å². The van der Waals surface area contributed by atoms with Crippen molar-refractivity contribution in [2.75, 3.05) is 11.9 Å². The number of hydrogen-bond acceptors (Lipinski definition) is 4. The summed E-state index contributed by atoms with van der Waals surface area (Å²) in [5.41, 5.74) is 1.93. The van der Waals surface area contributed by atoms with Gasteiger partial charge in [0.15, 0.2) is 0 Å². The third-order valence-electron chi connectivity index (χ3n) is 4.73. The van der Waals surface area contributed by atoms with Gasteiger partial charge in [-0.05, 0) is 50.1 Å². The van der Waals surface area contributed by atoms with Crippen LogP contribution in [-0.4, -0.2) is 33.2 Å². The van der Waals surface area contributed by atoms with Crippen LogP contribution in [0.3, 0.4) is 0 Å². The van der Waals surface area contributed by atoms with Gasteiger partial charge in [-0.3, -0.25) is 14.5 Å². The van der Waals surface area contributed by atoms with Gasteiger partial charge in [0.05, 0.1) is 0 Å². The first-order valence-corrected chi connectivity index (χ1v) is 8.71. The second-order valence-corrected chi connectivity index (χ2v) is 6.65. The molecule has 2 aromatic rings. The Kier molecular flexibility index (Phi) is 5.28. The largest absolute Gasteiger partial charge is 0.321 e.